The average Bonchev–Trinajstić information content (AvgIpc) is 3.14. The molecule has 152 valence electrons. The van der Waals surface area contributed by atoms with Gasteiger partial charge in [-0.2, -0.15) is 0 Å². The lowest BCUT2D eigenvalue weighted by Crippen LogP contribution is -2.36. The third-order valence-electron chi connectivity index (χ3n) is 5.31. The number of rotatable bonds is 5. The number of benzene rings is 1. The molecule has 1 N–H and O–H groups in total. The summed E-state index contributed by atoms with van der Waals surface area (Å²) < 4.78 is 27.5. The van der Waals surface area contributed by atoms with E-state index in [1.54, 1.807) is 17.5 Å². The van der Waals surface area contributed by atoms with Crippen molar-refractivity contribution >= 4 is 33.0 Å². The summed E-state index contributed by atoms with van der Waals surface area (Å²) in [5.74, 6) is -0.281. The minimum atomic E-state index is -3.81. The molecule has 1 aromatic heterocycles. The number of amides is 1. The molecule has 1 aromatic carbocycles. The monoisotopic (exact) mass is 420 g/mol. The number of nitrogens with zero attached hydrogens (tertiary/aromatic N) is 1. The molecule has 0 bridgehead atoms. The van der Waals surface area contributed by atoms with E-state index < -0.39 is 10.0 Å². The maximum absolute atomic E-state index is 13.1. The number of carbonyl (C=O) groups excluding carboxylic acids is 1. The van der Waals surface area contributed by atoms with Crippen LogP contribution in [0.1, 0.15) is 60.2 Å². The largest absolute Gasteiger partial charge is 0.349 e. The van der Waals surface area contributed by atoms with Crippen molar-refractivity contribution in [2.45, 2.75) is 62.8 Å². The average molecular weight is 421 g/mol. The number of nitrogens with one attached hydrogen (secondary N) is 1. The van der Waals surface area contributed by atoms with Gasteiger partial charge in [-0.1, -0.05) is 49.8 Å². The highest BCUT2D eigenvalue weighted by Crippen LogP contribution is 2.28. The lowest BCUT2D eigenvalue weighted by Gasteiger charge is -2.22. The Morgan fingerprint density at radius 2 is 1.64 bits per heavy atom. The van der Waals surface area contributed by atoms with Crippen LogP contribution in [0.3, 0.4) is 0 Å². The predicted molar refractivity (Wildman–Crippen MR) is 115 cm³/mol. The molecule has 0 saturated heterocycles. The van der Waals surface area contributed by atoms with E-state index in [2.05, 4.69) is 5.32 Å². The lowest BCUT2D eigenvalue weighted by atomic mass is 9.97. The second kappa shape index (κ2) is 9.09. The van der Waals surface area contributed by atoms with Gasteiger partial charge in [0.15, 0.2) is 0 Å². The van der Waals surface area contributed by atoms with Crippen molar-refractivity contribution in [2.75, 3.05) is 11.4 Å². The Bertz CT molecular complexity index is 896. The molecule has 1 aliphatic carbocycles. The summed E-state index contributed by atoms with van der Waals surface area (Å²) in [6, 6.07) is 8.94. The normalized spacial score (nSPS) is 16.2. The SMILES string of the molecule is Cc1ccc(N(C)S(=O)(=O)c2ccsc2C(=O)NC2CCCCCCC2)cc1. The van der Waals surface area contributed by atoms with Crippen molar-refractivity contribution in [3.63, 3.8) is 0 Å². The van der Waals surface area contributed by atoms with Gasteiger partial charge >= 0.3 is 0 Å². The molecule has 28 heavy (non-hydrogen) atoms. The van der Waals surface area contributed by atoms with Crippen LogP contribution in [-0.4, -0.2) is 27.4 Å². The molecular weight excluding hydrogens is 392 g/mol. The van der Waals surface area contributed by atoms with E-state index in [-0.39, 0.29) is 21.7 Å². The third-order valence-corrected chi connectivity index (χ3v) is 8.18. The second-order valence-electron chi connectivity index (χ2n) is 7.44. The number of thiophene rings is 1. The first-order chi connectivity index (χ1) is 13.4. The predicted octanol–water partition coefficient (Wildman–Crippen LogP) is 4.72. The van der Waals surface area contributed by atoms with Crippen molar-refractivity contribution in [3.8, 4) is 0 Å². The molecule has 1 amide bonds. The van der Waals surface area contributed by atoms with Crippen LogP contribution < -0.4 is 9.62 Å². The fourth-order valence-corrected chi connectivity index (χ4v) is 6.06. The number of anilines is 1. The summed E-state index contributed by atoms with van der Waals surface area (Å²) in [5, 5.41) is 4.75. The van der Waals surface area contributed by atoms with Crippen molar-refractivity contribution in [3.05, 3.63) is 46.2 Å². The van der Waals surface area contributed by atoms with Gasteiger partial charge in [-0.25, -0.2) is 8.42 Å². The van der Waals surface area contributed by atoms with Gasteiger partial charge in [0.1, 0.15) is 9.77 Å². The Labute approximate surface area is 171 Å². The first kappa shape index (κ1) is 20.9. The zero-order valence-corrected chi connectivity index (χ0v) is 18.1. The molecule has 0 aliphatic heterocycles. The van der Waals surface area contributed by atoms with Crippen LogP contribution in [0, 0.1) is 6.92 Å². The minimum absolute atomic E-state index is 0.0731. The van der Waals surface area contributed by atoms with Crippen LogP contribution in [-0.2, 0) is 10.0 Å². The smallest absolute Gasteiger partial charge is 0.265 e. The Balaban J connectivity index is 1.79. The molecule has 0 unspecified atom stereocenters. The minimum Gasteiger partial charge on any atom is -0.349 e. The highest BCUT2D eigenvalue weighted by Gasteiger charge is 2.29. The Kier molecular flexibility index (Phi) is 6.78. The van der Waals surface area contributed by atoms with Crippen LogP contribution in [0.15, 0.2) is 40.6 Å². The van der Waals surface area contributed by atoms with Crippen molar-refractivity contribution in [1.29, 1.82) is 0 Å². The molecule has 1 fully saturated rings. The van der Waals surface area contributed by atoms with Gasteiger partial charge in [-0.15, -0.1) is 11.3 Å². The number of aryl methyl sites for hydroxylation is 1. The third kappa shape index (κ3) is 4.75. The molecule has 2 aromatic rings. The maximum Gasteiger partial charge on any atom is 0.265 e. The van der Waals surface area contributed by atoms with Gasteiger partial charge < -0.3 is 5.32 Å². The molecule has 0 radical (unpaired) electrons. The van der Waals surface area contributed by atoms with E-state index >= 15 is 0 Å². The van der Waals surface area contributed by atoms with Crippen LogP contribution >= 0.6 is 11.3 Å². The van der Waals surface area contributed by atoms with Crippen LogP contribution in [0.4, 0.5) is 5.69 Å². The van der Waals surface area contributed by atoms with Crippen molar-refractivity contribution in [1.82, 2.24) is 5.32 Å². The second-order valence-corrected chi connectivity index (χ2v) is 10.3. The van der Waals surface area contributed by atoms with E-state index in [9.17, 15) is 13.2 Å². The van der Waals surface area contributed by atoms with Gasteiger partial charge in [-0.05, 0) is 43.3 Å². The topological polar surface area (TPSA) is 66.5 Å². The van der Waals surface area contributed by atoms with Gasteiger partial charge in [0, 0.05) is 13.1 Å². The van der Waals surface area contributed by atoms with Gasteiger partial charge in [0.05, 0.1) is 5.69 Å². The lowest BCUT2D eigenvalue weighted by molar-refractivity contribution is 0.0931. The highest BCUT2D eigenvalue weighted by atomic mass is 32.2. The van der Waals surface area contributed by atoms with Gasteiger partial charge in [0.2, 0.25) is 0 Å². The van der Waals surface area contributed by atoms with Crippen molar-refractivity contribution < 1.29 is 13.2 Å². The van der Waals surface area contributed by atoms with E-state index in [1.165, 1.54) is 48.0 Å². The summed E-state index contributed by atoms with van der Waals surface area (Å²) in [6.45, 7) is 1.95. The fraction of sp³-hybridized carbons (Fsp3) is 0.476. The van der Waals surface area contributed by atoms with Crippen LogP contribution in [0.5, 0.6) is 0 Å². The first-order valence-corrected chi connectivity index (χ1v) is 12.2. The van der Waals surface area contributed by atoms with E-state index in [4.69, 9.17) is 0 Å². The van der Waals surface area contributed by atoms with E-state index in [1.807, 2.05) is 19.1 Å². The summed E-state index contributed by atoms with van der Waals surface area (Å²) in [7, 11) is -2.29. The number of hydrogen-bond acceptors (Lipinski definition) is 4. The quantitative estimate of drug-likeness (QED) is 0.761. The van der Waals surface area contributed by atoms with E-state index in [0.717, 1.165) is 31.2 Å². The summed E-state index contributed by atoms with van der Waals surface area (Å²) >= 11 is 1.18. The van der Waals surface area contributed by atoms with E-state index in [0.29, 0.717) is 5.69 Å². The summed E-state index contributed by atoms with van der Waals surface area (Å²) in [6.07, 6.45) is 7.80. The number of carbonyl (C=O) groups is 1. The Morgan fingerprint density at radius 3 is 2.29 bits per heavy atom. The Hall–Kier alpha value is -1.86. The fourth-order valence-electron chi connectivity index (χ4n) is 3.56. The molecule has 0 atom stereocenters. The molecule has 7 heteroatoms. The van der Waals surface area contributed by atoms with Gasteiger partial charge in [0.25, 0.3) is 15.9 Å². The van der Waals surface area contributed by atoms with Crippen LogP contribution in [0.2, 0.25) is 0 Å². The molecule has 0 spiro atoms. The van der Waals surface area contributed by atoms with Crippen LogP contribution in [0.25, 0.3) is 0 Å². The molecule has 1 heterocycles. The Morgan fingerprint density at radius 1 is 1.04 bits per heavy atom. The summed E-state index contributed by atoms with van der Waals surface area (Å²) in [4.78, 5) is 13.2. The number of hydrogen-bond donors (Lipinski definition) is 1. The van der Waals surface area contributed by atoms with Gasteiger partial charge in [-0.3, -0.25) is 9.10 Å². The molecule has 1 saturated carbocycles. The maximum atomic E-state index is 13.1. The standard InChI is InChI=1S/C21H28N2O3S2/c1-16-10-12-18(13-11-16)23(2)28(25,26)19-14-15-27-20(19)21(24)22-17-8-6-4-3-5-7-9-17/h10-15,17H,3-9H2,1-2H3,(H,22,24). The molecule has 3 rings (SSSR count). The first-order valence-electron chi connectivity index (χ1n) is 9.83. The zero-order valence-electron chi connectivity index (χ0n) is 16.5. The zero-order chi connectivity index (χ0) is 20.1. The molecular formula is C21H28N2O3S2. The molecule has 1 aliphatic rings. The molecule has 5 nitrogen and oxygen atoms in total. The van der Waals surface area contributed by atoms with Crippen molar-refractivity contribution in [2.24, 2.45) is 0 Å². The highest BCUT2D eigenvalue weighted by molar-refractivity contribution is 7.93. The number of sulfonamides is 1. The summed E-state index contributed by atoms with van der Waals surface area (Å²) in [5.41, 5.74) is 1.63.